The molecule has 27 heavy (non-hydrogen) atoms. The van der Waals surface area contributed by atoms with Crippen molar-refractivity contribution < 1.29 is 12.8 Å². The molecule has 2 aromatic heterocycles. The molecule has 142 valence electrons. The van der Waals surface area contributed by atoms with Gasteiger partial charge in [-0.05, 0) is 43.4 Å². The molecule has 4 rings (SSSR count). The second kappa shape index (κ2) is 7.96. The van der Waals surface area contributed by atoms with E-state index in [4.69, 9.17) is 4.42 Å². The van der Waals surface area contributed by atoms with Gasteiger partial charge in [0.1, 0.15) is 4.21 Å². The van der Waals surface area contributed by atoms with E-state index in [1.165, 1.54) is 23.3 Å². The van der Waals surface area contributed by atoms with Crippen LogP contribution in [-0.2, 0) is 16.4 Å². The molecule has 0 amide bonds. The van der Waals surface area contributed by atoms with Gasteiger partial charge in [0.15, 0.2) is 11.7 Å². The topological polar surface area (TPSA) is 72.2 Å². The van der Waals surface area contributed by atoms with Crippen molar-refractivity contribution in [2.75, 3.05) is 6.54 Å². The van der Waals surface area contributed by atoms with Crippen molar-refractivity contribution in [1.29, 1.82) is 0 Å². The van der Waals surface area contributed by atoms with Crippen LogP contribution < -0.4 is 4.72 Å². The number of oxazole rings is 1. The number of benzene rings is 1. The first-order valence-corrected chi connectivity index (χ1v) is 11.5. The molecule has 1 fully saturated rings. The molecule has 7 heteroatoms. The Balaban J connectivity index is 1.35. The fraction of sp³-hybridized carbons (Fsp3) is 0.350. The van der Waals surface area contributed by atoms with Crippen LogP contribution in [0, 0.1) is 0 Å². The summed E-state index contributed by atoms with van der Waals surface area (Å²) in [6, 6.07) is 13.5. The number of nitrogens with one attached hydrogen (secondary N) is 1. The highest BCUT2D eigenvalue weighted by Gasteiger charge is 2.25. The van der Waals surface area contributed by atoms with Gasteiger partial charge >= 0.3 is 0 Å². The summed E-state index contributed by atoms with van der Waals surface area (Å²) >= 11 is 1.21. The molecule has 0 atom stereocenters. The molecule has 0 spiro atoms. The maximum Gasteiger partial charge on any atom is 0.250 e. The first kappa shape index (κ1) is 18.4. The second-order valence-corrected chi connectivity index (χ2v) is 9.87. The number of aromatic nitrogens is 1. The predicted octanol–water partition coefficient (Wildman–Crippen LogP) is 4.58. The summed E-state index contributed by atoms with van der Waals surface area (Å²) in [5.74, 6) is 1.84. The molecule has 1 aromatic carbocycles. The average molecular weight is 403 g/mol. The lowest BCUT2D eigenvalue weighted by atomic mass is 9.85. The van der Waals surface area contributed by atoms with Gasteiger partial charge in [0.25, 0.3) is 0 Å². The molecule has 3 aromatic rings. The highest BCUT2D eigenvalue weighted by Crippen LogP contribution is 2.38. The smallest absolute Gasteiger partial charge is 0.250 e. The zero-order valence-electron chi connectivity index (χ0n) is 14.9. The average Bonchev–Trinajstić information content (AvgIpc) is 3.28. The number of nitrogens with zero attached hydrogens (tertiary/aromatic N) is 1. The minimum absolute atomic E-state index is 0.304. The summed E-state index contributed by atoms with van der Waals surface area (Å²) in [4.78, 5) is 5.14. The van der Waals surface area contributed by atoms with E-state index in [2.05, 4.69) is 21.8 Å². The SMILES string of the molecule is O=S(=O)(NCCCc1ccccc1)c1ccc(-c2cnc(C3CCC3)o2)s1. The number of rotatable bonds is 8. The molecule has 5 nitrogen and oxygen atoms in total. The maximum absolute atomic E-state index is 12.5. The number of thiophene rings is 1. The summed E-state index contributed by atoms with van der Waals surface area (Å²) in [6.45, 7) is 0.415. The number of sulfonamides is 1. The van der Waals surface area contributed by atoms with Crippen LogP contribution in [0.3, 0.4) is 0 Å². The molecule has 0 saturated heterocycles. The molecule has 0 radical (unpaired) electrons. The summed E-state index contributed by atoms with van der Waals surface area (Å²) < 4.78 is 33.8. The molecule has 1 saturated carbocycles. The molecular weight excluding hydrogens is 380 g/mol. The van der Waals surface area contributed by atoms with E-state index in [0.29, 0.717) is 22.4 Å². The van der Waals surface area contributed by atoms with E-state index in [9.17, 15) is 8.42 Å². The van der Waals surface area contributed by atoms with Crippen LogP contribution >= 0.6 is 11.3 Å². The van der Waals surface area contributed by atoms with Crippen LogP contribution in [0.2, 0.25) is 0 Å². The predicted molar refractivity (Wildman–Crippen MR) is 106 cm³/mol. The number of aryl methyl sites for hydroxylation is 1. The summed E-state index contributed by atoms with van der Waals surface area (Å²) in [5.41, 5.74) is 1.21. The van der Waals surface area contributed by atoms with Crippen LogP contribution in [0.5, 0.6) is 0 Å². The van der Waals surface area contributed by atoms with E-state index >= 15 is 0 Å². The van der Waals surface area contributed by atoms with Crippen molar-refractivity contribution in [2.45, 2.75) is 42.2 Å². The largest absolute Gasteiger partial charge is 0.440 e. The second-order valence-electron chi connectivity index (χ2n) is 6.80. The Morgan fingerprint density at radius 2 is 1.96 bits per heavy atom. The lowest BCUT2D eigenvalue weighted by molar-refractivity contribution is 0.338. The van der Waals surface area contributed by atoms with Crippen molar-refractivity contribution in [3.05, 3.63) is 60.1 Å². The highest BCUT2D eigenvalue weighted by molar-refractivity contribution is 7.91. The molecule has 2 heterocycles. The molecule has 1 N–H and O–H groups in total. The number of hydrogen-bond acceptors (Lipinski definition) is 5. The zero-order chi connectivity index (χ0) is 18.7. The van der Waals surface area contributed by atoms with Crippen LogP contribution in [0.15, 0.2) is 57.3 Å². The summed E-state index contributed by atoms with van der Waals surface area (Å²) in [5, 5.41) is 0. The van der Waals surface area contributed by atoms with Gasteiger partial charge in [0.2, 0.25) is 10.0 Å². The molecular formula is C20H22N2O3S2. The first-order valence-electron chi connectivity index (χ1n) is 9.21. The Labute approximate surface area is 163 Å². The molecule has 0 unspecified atom stereocenters. The summed E-state index contributed by atoms with van der Waals surface area (Å²) in [6.07, 6.45) is 6.77. The third-order valence-corrected chi connectivity index (χ3v) is 7.90. The molecule has 1 aliphatic carbocycles. The lowest BCUT2D eigenvalue weighted by Gasteiger charge is -2.21. The Morgan fingerprint density at radius 3 is 2.70 bits per heavy atom. The lowest BCUT2D eigenvalue weighted by Crippen LogP contribution is -2.24. The van der Waals surface area contributed by atoms with Gasteiger partial charge in [-0.25, -0.2) is 18.1 Å². The normalized spacial score (nSPS) is 15.0. The highest BCUT2D eigenvalue weighted by atomic mass is 32.2. The quantitative estimate of drug-likeness (QED) is 0.560. The van der Waals surface area contributed by atoms with E-state index in [-0.39, 0.29) is 0 Å². The van der Waals surface area contributed by atoms with Crippen LogP contribution in [0.1, 0.15) is 43.1 Å². The van der Waals surface area contributed by atoms with Gasteiger partial charge in [-0.1, -0.05) is 36.8 Å². The van der Waals surface area contributed by atoms with E-state index in [0.717, 1.165) is 36.5 Å². The zero-order valence-corrected chi connectivity index (χ0v) is 16.6. The van der Waals surface area contributed by atoms with Crippen LogP contribution in [0.4, 0.5) is 0 Å². The Kier molecular flexibility index (Phi) is 5.43. The minimum atomic E-state index is -3.50. The van der Waals surface area contributed by atoms with Gasteiger partial charge in [0.05, 0.1) is 11.1 Å². The first-order chi connectivity index (χ1) is 13.1. The van der Waals surface area contributed by atoms with Crippen molar-refractivity contribution in [3.8, 4) is 10.6 Å². The van der Waals surface area contributed by atoms with E-state index in [1.807, 2.05) is 18.2 Å². The fourth-order valence-corrected chi connectivity index (χ4v) is 5.43. The Bertz CT molecular complexity index is 989. The van der Waals surface area contributed by atoms with Crippen molar-refractivity contribution >= 4 is 21.4 Å². The minimum Gasteiger partial charge on any atom is -0.440 e. The standard InChI is InChI=1S/C20H22N2O3S2/c23-27(24,22-13-5-8-15-6-2-1-3-7-15)19-12-11-18(26-19)17-14-21-20(25-17)16-9-4-10-16/h1-3,6-7,11-12,14,16,22H,4-5,8-10,13H2. The fourth-order valence-electron chi connectivity index (χ4n) is 3.06. The van der Waals surface area contributed by atoms with Gasteiger partial charge in [-0.15, -0.1) is 11.3 Å². The molecule has 0 bridgehead atoms. The third-order valence-electron chi connectivity index (χ3n) is 4.84. The van der Waals surface area contributed by atoms with E-state index in [1.54, 1.807) is 18.3 Å². The van der Waals surface area contributed by atoms with Gasteiger partial charge in [-0.2, -0.15) is 0 Å². The van der Waals surface area contributed by atoms with Gasteiger partial charge < -0.3 is 4.42 Å². The van der Waals surface area contributed by atoms with Crippen molar-refractivity contribution in [3.63, 3.8) is 0 Å². The van der Waals surface area contributed by atoms with Crippen LogP contribution in [-0.4, -0.2) is 19.9 Å². The Hall–Kier alpha value is -1.96. The monoisotopic (exact) mass is 402 g/mol. The van der Waals surface area contributed by atoms with Crippen LogP contribution in [0.25, 0.3) is 10.6 Å². The van der Waals surface area contributed by atoms with Gasteiger partial charge in [0, 0.05) is 12.5 Å². The summed E-state index contributed by atoms with van der Waals surface area (Å²) in [7, 11) is -3.50. The number of hydrogen-bond donors (Lipinski definition) is 1. The maximum atomic E-state index is 12.5. The van der Waals surface area contributed by atoms with Crippen molar-refractivity contribution in [1.82, 2.24) is 9.71 Å². The van der Waals surface area contributed by atoms with Gasteiger partial charge in [-0.3, -0.25) is 0 Å². The van der Waals surface area contributed by atoms with Crippen molar-refractivity contribution in [2.24, 2.45) is 0 Å². The molecule has 0 aliphatic heterocycles. The van der Waals surface area contributed by atoms with E-state index < -0.39 is 10.0 Å². The third kappa shape index (κ3) is 4.31. The molecule has 1 aliphatic rings. The Morgan fingerprint density at radius 1 is 1.15 bits per heavy atom.